The predicted molar refractivity (Wildman–Crippen MR) is 159 cm³/mol. The lowest BCUT2D eigenvalue weighted by Crippen LogP contribution is -2.40. The van der Waals surface area contributed by atoms with Crippen molar-refractivity contribution in [2.24, 2.45) is 5.92 Å². The van der Waals surface area contributed by atoms with Crippen LogP contribution >= 0.6 is 11.3 Å². The molecule has 1 aliphatic heterocycles. The summed E-state index contributed by atoms with van der Waals surface area (Å²) in [6, 6.07) is 20.6. The number of hydrogen-bond donors (Lipinski definition) is 0. The lowest BCUT2D eigenvalue weighted by molar-refractivity contribution is -0.131. The number of aryl methyl sites for hydroxylation is 3. The van der Waals surface area contributed by atoms with E-state index < -0.39 is 0 Å². The Morgan fingerprint density at radius 1 is 1.00 bits per heavy atom. The van der Waals surface area contributed by atoms with Crippen molar-refractivity contribution in [1.29, 1.82) is 0 Å². The van der Waals surface area contributed by atoms with Crippen LogP contribution in [0.15, 0.2) is 70.8 Å². The Bertz CT molecular complexity index is 1740. The average Bonchev–Trinajstić information content (AvgIpc) is 3.52. The average molecular weight is 552 g/mol. The molecule has 6 rings (SSSR count). The highest BCUT2D eigenvalue weighted by atomic mass is 32.1. The van der Waals surface area contributed by atoms with E-state index in [2.05, 4.69) is 30.3 Å². The van der Waals surface area contributed by atoms with Crippen molar-refractivity contribution in [1.82, 2.24) is 24.1 Å². The number of likely N-dealkylation sites (tertiary alicyclic amines) is 1. The van der Waals surface area contributed by atoms with Gasteiger partial charge < -0.3 is 4.90 Å². The van der Waals surface area contributed by atoms with E-state index in [0.717, 1.165) is 49.3 Å². The maximum absolute atomic E-state index is 13.9. The Morgan fingerprint density at radius 2 is 1.77 bits per heavy atom. The minimum absolute atomic E-state index is 0.0615. The smallest absolute Gasteiger partial charge is 0.268 e. The molecule has 1 fully saturated rings. The molecule has 1 aliphatic rings. The lowest BCUT2D eigenvalue weighted by atomic mass is 9.90. The molecule has 1 saturated heterocycles. The summed E-state index contributed by atoms with van der Waals surface area (Å²) in [5.41, 5.74) is 6.58. The van der Waals surface area contributed by atoms with Gasteiger partial charge in [0.05, 0.1) is 23.4 Å². The highest BCUT2D eigenvalue weighted by molar-refractivity contribution is 7.15. The molecule has 40 heavy (non-hydrogen) atoms. The molecule has 5 aromatic rings. The second-order valence-electron chi connectivity index (χ2n) is 10.8. The van der Waals surface area contributed by atoms with Crippen molar-refractivity contribution in [2.45, 2.75) is 46.5 Å². The normalized spacial score (nSPS) is 14.2. The summed E-state index contributed by atoms with van der Waals surface area (Å²) in [4.78, 5) is 34.5. The fraction of sp³-hybridized carbons (Fsp3) is 0.312. The van der Waals surface area contributed by atoms with Gasteiger partial charge in [0.1, 0.15) is 5.69 Å². The minimum atomic E-state index is -0.179. The Balaban J connectivity index is 1.23. The van der Waals surface area contributed by atoms with E-state index in [1.54, 1.807) is 4.40 Å². The fourth-order valence-corrected chi connectivity index (χ4v) is 6.67. The highest BCUT2D eigenvalue weighted by Gasteiger charge is 2.25. The molecule has 0 radical (unpaired) electrons. The molecule has 2 aromatic carbocycles. The third-order valence-electron chi connectivity index (χ3n) is 7.88. The van der Waals surface area contributed by atoms with Crippen molar-refractivity contribution in [3.63, 3.8) is 0 Å². The SMILES string of the molecule is Cc1cccc(-n2nc(-c3c(C)nc4scc(CC(=O)N5CCC(Cc6ccccc6)CC5)n4c3=O)cc2C)c1. The topological polar surface area (TPSA) is 72.5 Å². The monoisotopic (exact) mass is 551 g/mol. The molecule has 0 spiro atoms. The molecular formula is C32H33N5O2S. The summed E-state index contributed by atoms with van der Waals surface area (Å²) in [6.07, 6.45) is 3.24. The van der Waals surface area contributed by atoms with Crippen molar-refractivity contribution < 1.29 is 4.79 Å². The number of aromatic nitrogens is 4. The van der Waals surface area contributed by atoms with Crippen LogP contribution in [0.2, 0.25) is 0 Å². The number of fused-ring (bicyclic) bond motifs is 1. The number of nitrogens with zero attached hydrogens (tertiary/aromatic N) is 5. The first-order valence-corrected chi connectivity index (χ1v) is 14.7. The summed E-state index contributed by atoms with van der Waals surface area (Å²) in [5.74, 6) is 0.653. The van der Waals surface area contributed by atoms with Gasteiger partial charge in [0.15, 0.2) is 4.96 Å². The first-order valence-electron chi connectivity index (χ1n) is 13.8. The van der Waals surface area contributed by atoms with Gasteiger partial charge in [-0.3, -0.25) is 14.0 Å². The van der Waals surface area contributed by atoms with Gasteiger partial charge in [-0.25, -0.2) is 9.67 Å². The van der Waals surface area contributed by atoms with E-state index in [-0.39, 0.29) is 17.9 Å². The lowest BCUT2D eigenvalue weighted by Gasteiger charge is -2.32. The number of carbonyl (C=O) groups is 1. The zero-order valence-electron chi connectivity index (χ0n) is 23.1. The van der Waals surface area contributed by atoms with Crippen molar-refractivity contribution in [2.75, 3.05) is 13.1 Å². The van der Waals surface area contributed by atoms with Crippen LogP contribution in [-0.2, 0) is 17.6 Å². The van der Waals surface area contributed by atoms with Crippen LogP contribution in [0.25, 0.3) is 21.9 Å². The molecule has 0 saturated carbocycles. The minimum Gasteiger partial charge on any atom is -0.342 e. The molecule has 0 aliphatic carbocycles. The summed E-state index contributed by atoms with van der Waals surface area (Å²) in [7, 11) is 0. The van der Waals surface area contributed by atoms with Crippen molar-refractivity contribution in [3.05, 3.63) is 105 Å². The van der Waals surface area contributed by atoms with E-state index in [0.29, 0.717) is 33.5 Å². The number of rotatable bonds is 6. The van der Waals surface area contributed by atoms with Gasteiger partial charge in [-0.15, -0.1) is 11.3 Å². The number of benzene rings is 2. The molecule has 7 nitrogen and oxygen atoms in total. The summed E-state index contributed by atoms with van der Waals surface area (Å²) in [6.45, 7) is 7.39. The second-order valence-corrected chi connectivity index (χ2v) is 11.7. The molecule has 204 valence electrons. The molecule has 0 bridgehead atoms. The van der Waals surface area contributed by atoms with Crippen LogP contribution in [0.5, 0.6) is 0 Å². The third kappa shape index (κ3) is 5.11. The van der Waals surface area contributed by atoms with Crippen LogP contribution in [0, 0.1) is 26.7 Å². The van der Waals surface area contributed by atoms with Crippen LogP contribution in [0.4, 0.5) is 0 Å². The summed E-state index contributed by atoms with van der Waals surface area (Å²) < 4.78 is 3.46. The van der Waals surface area contributed by atoms with Gasteiger partial charge in [-0.1, -0.05) is 42.5 Å². The first-order chi connectivity index (χ1) is 19.4. The van der Waals surface area contributed by atoms with Crippen molar-refractivity contribution in [3.8, 4) is 16.9 Å². The van der Waals surface area contributed by atoms with E-state index in [4.69, 9.17) is 10.1 Å². The molecule has 3 aromatic heterocycles. The Kier molecular flexibility index (Phi) is 7.11. The molecule has 0 atom stereocenters. The van der Waals surface area contributed by atoms with Gasteiger partial charge >= 0.3 is 0 Å². The van der Waals surface area contributed by atoms with Crippen LogP contribution in [-0.4, -0.2) is 43.1 Å². The number of hydrogen-bond acceptors (Lipinski definition) is 5. The molecule has 1 amide bonds. The third-order valence-corrected chi connectivity index (χ3v) is 8.75. The van der Waals surface area contributed by atoms with Gasteiger partial charge in [0, 0.05) is 29.9 Å². The molecule has 8 heteroatoms. The van der Waals surface area contributed by atoms with Crippen LogP contribution < -0.4 is 5.56 Å². The van der Waals surface area contributed by atoms with Gasteiger partial charge in [0.25, 0.3) is 5.56 Å². The summed E-state index contributed by atoms with van der Waals surface area (Å²) >= 11 is 1.40. The maximum Gasteiger partial charge on any atom is 0.268 e. The number of thiazole rings is 1. The number of piperidine rings is 1. The Labute approximate surface area is 237 Å². The van der Waals surface area contributed by atoms with Crippen LogP contribution in [0.1, 0.15) is 41.1 Å². The van der Waals surface area contributed by atoms with Gasteiger partial charge in [0.2, 0.25) is 5.91 Å². The summed E-state index contributed by atoms with van der Waals surface area (Å²) in [5, 5.41) is 6.69. The van der Waals surface area contributed by atoms with E-state index in [1.165, 1.54) is 16.9 Å². The van der Waals surface area contributed by atoms with E-state index >= 15 is 0 Å². The molecule has 0 N–H and O–H groups in total. The molecule has 4 heterocycles. The predicted octanol–water partition coefficient (Wildman–Crippen LogP) is 5.56. The fourth-order valence-electron chi connectivity index (χ4n) is 5.74. The molecule has 0 unspecified atom stereocenters. The van der Waals surface area contributed by atoms with Crippen molar-refractivity contribution >= 4 is 22.2 Å². The molecular weight excluding hydrogens is 518 g/mol. The Morgan fingerprint density at radius 3 is 2.52 bits per heavy atom. The van der Waals surface area contributed by atoms with E-state index in [9.17, 15) is 9.59 Å². The quantitative estimate of drug-likeness (QED) is 0.277. The Hall–Kier alpha value is -4.04. The van der Waals surface area contributed by atoms with Gasteiger partial charge in [-0.2, -0.15) is 5.10 Å². The van der Waals surface area contributed by atoms with E-state index in [1.807, 2.05) is 66.1 Å². The zero-order chi connectivity index (χ0) is 27.8. The van der Waals surface area contributed by atoms with Crippen LogP contribution in [0.3, 0.4) is 0 Å². The zero-order valence-corrected chi connectivity index (χ0v) is 23.9. The second kappa shape index (κ2) is 10.8. The first kappa shape index (κ1) is 26.2. The maximum atomic E-state index is 13.9. The van der Waals surface area contributed by atoms with Gasteiger partial charge in [-0.05, 0) is 75.3 Å². The number of amides is 1. The highest BCUT2D eigenvalue weighted by Crippen LogP contribution is 2.25. The number of carbonyl (C=O) groups excluding carboxylic acids is 1. The largest absolute Gasteiger partial charge is 0.342 e. The standard InChI is InChI=1S/C32H33N5O2S/c1-21-8-7-11-26(16-21)37-22(2)17-28(34-37)30-23(3)33-32-36(31(30)39)27(20-40-32)19-29(38)35-14-12-25(13-15-35)18-24-9-5-4-6-10-24/h4-11,16-17,20,25H,12-15,18-19H2,1-3H3.